The molecule has 0 radical (unpaired) electrons. The van der Waals surface area contributed by atoms with Crippen LogP contribution in [0.25, 0.3) is 60.7 Å². The summed E-state index contributed by atoms with van der Waals surface area (Å²) in [7, 11) is 0. The van der Waals surface area contributed by atoms with Crippen molar-refractivity contribution in [3.05, 3.63) is 187 Å². The fourth-order valence-corrected chi connectivity index (χ4v) is 7.98. The molecule has 11 rings (SSSR count). The van der Waals surface area contributed by atoms with Crippen LogP contribution in [0.1, 0.15) is 17.3 Å². The number of hydrogen-bond donors (Lipinski definition) is 2. The number of fused-ring (bicyclic) bond motifs is 7. The molecule has 2 atom stereocenters. The molecule has 0 aliphatic carbocycles. The zero-order chi connectivity index (χ0) is 37.0. The van der Waals surface area contributed by atoms with E-state index in [1.165, 1.54) is 5.39 Å². The molecule has 266 valence electrons. The number of nitrogens with zero attached hydrogens (tertiary/aromatic N) is 7. The molecule has 2 aliphatic rings. The zero-order valence-corrected chi connectivity index (χ0v) is 30.0. The van der Waals surface area contributed by atoms with Gasteiger partial charge in [-0.1, -0.05) is 127 Å². The first kappa shape index (κ1) is 31.8. The molecule has 0 bridgehead atoms. The Balaban J connectivity index is 1.14. The van der Waals surface area contributed by atoms with Gasteiger partial charge in [-0.3, -0.25) is 9.56 Å². The molecule has 2 aliphatic heterocycles. The molecule has 0 fully saturated rings. The molecule has 0 saturated carbocycles. The minimum atomic E-state index is -0.519. The van der Waals surface area contributed by atoms with Gasteiger partial charge in [0.05, 0.1) is 27.6 Å². The first-order chi connectivity index (χ1) is 27.8. The third-order valence-electron chi connectivity index (χ3n) is 10.6. The molecule has 6 aromatic carbocycles. The summed E-state index contributed by atoms with van der Waals surface area (Å²) in [6, 6.07) is 52.3. The van der Waals surface area contributed by atoms with E-state index in [-0.39, 0.29) is 6.17 Å². The molecule has 0 spiro atoms. The van der Waals surface area contributed by atoms with Gasteiger partial charge in [0.15, 0.2) is 12.0 Å². The highest BCUT2D eigenvalue weighted by Crippen LogP contribution is 2.40. The lowest BCUT2D eigenvalue weighted by molar-refractivity contribution is 0.629. The minimum Gasteiger partial charge on any atom is -0.366 e. The fourth-order valence-electron chi connectivity index (χ4n) is 7.98. The highest BCUT2D eigenvalue weighted by molar-refractivity contribution is 6.26. The number of amidine groups is 1. The number of rotatable bonds is 5. The van der Waals surface area contributed by atoms with E-state index in [0.29, 0.717) is 17.6 Å². The second-order valence-corrected chi connectivity index (χ2v) is 13.9. The zero-order valence-electron chi connectivity index (χ0n) is 30.0. The highest BCUT2D eigenvalue weighted by atomic mass is 15.3. The minimum absolute atomic E-state index is 0.190. The SMILES string of the molecule is C1=NC(c2ccccc2)NC=C1C1N=C(n2c3ccccc3c3ccc4c5ccccc5n(-c5ccccc5)c4c32)N=C(c2cnc(-c3ccccc3)nc2)N1. The summed E-state index contributed by atoms with van der Waals surface area (Å²) >= 11 is 0. The predicted octanol–water partition coefficient (Wildman–Crippen LogP) is 9.19. The summed E-state index contributed by atoms with van der Waals surface area (Å²) in [5.74, 6) is 1.80. The van der Waals surface area contributed by atoms with Crippen LogP contribution in [-0.2, 0) is 0 Å². The van der Waals surface area contributed by atoms with E-state index >= 15 is 0 Å². The van der Waals surface area contributed by atoms with E-state index in [9.17, 15) is 0 Å². The normalized spacial score (nSPS) is 16.8. The van der Waals surface area contributed by atoms with E-state index < -0.39 is 6.17 Å². The summed E-state index contributed by atoms with van der Waals surface area (Å²) in [6.07, 6.45) is 6.84. The quantitative estimate of drug-likeness (QED) is 0.185. The van der Waals surface area contributed by atoms with Crippen LogP contribution in [0.3, 0.4) is 0 Å². The van der Waals surface area contributed by atoms with Crippen LogP contribution in [-0.4, -0.2) is 43.3 Å². The molecule has 3 aromatic heterocycles. The Kier molecular flexibility index (Phi) is 7.41. The van der Waals surface area contributed by atoms with Crippen LogP contribution in [0.15, 0.2) is 191 Å². The first-order valence-corrected chi connectivity index (χ1v) is 18.6. The fraction of sp³-hybridized carbons (Fsp3) is 0.0426. The largest absolute Gasteiger partial charge is 0.366 e. The van der Waals surface area contributed by atoms with Gasteiger partial charge in [0.1, 0.15) is 12.0 Å². The second kappa shape index (κ2) is 13.0. The molecular formula is C47H33N9. The van der Waals surface area contributed by atoms with Crippen molar-refractivity contribution >= 4 is 61.6 Å². The smallest absolute Gasteiger partial charge is 0.234 e. The van der Waals surface area contributed by atoms with E-state index in [2.05, 4.69) is 123 Å². The van der Waals surface area contributed by atoms with E-state index in [1.807, 2.05) is 73.3 Å². The highest BCUT2D eigenvalue weighted by Gasteiger charge is 2.28. The summed E-state index contributed by atoms with van der Waals surface area (Å²) in [6.45, 7) is 0. The van der Waals surface area contributed by atoms with Gasteiger partial charge >= 0.3 is 0 Å². The monoisotopic (exact) mass is 723 g/mol. The van der Waals surface area contributed by atoms with Crippen molar-refractivity contribution in [3.63, 3.8) is 0 Å². The van der Waals surface area contributed by atoms with Gasteiger partial charge in [0.2, 0.25) is 5.96 Å². The Morgan fingerprint density at radius 2 is 1.11 bits per heavy atom. The maximum atomic E-state index is 5.38. The average Bonchev–Trinajstić information content (AvgIpc) is 3.80. The van der Waals surface area contributed by atoms with Gasteiger partial charge in [0.25, 0.3) is 0 Å². The maximum absolute atomic E-state index is 5.38. The van der Waals surface area contributed by atoms with Crippen molar-refractivity contribution in [2.45, 2.75) is 12.3 Å². The predicted molar refractivity (Wildman–Crippen MR) is 226 cm³/mol. The van der Waals surface area contributed by atoms with E-state index in [1.54, 1.807) is 0 Å². The number of benzene rings is 6. The molecular weight excluding hydrogens is 691 g/mol. The Morgan fingerprint density at radius 3 is 1.77 bits per heavy atom. The summed E-state index contributed by atoms with van der Waals surface area (Å²) in [4.78, 5) is 25.1. The van der Waals surface area contributed by atoms with Gasteiger partial charge < -0.3 is 15.2 Å². The van der Waals surface area contributed by atoms with Gasteiger partial charge in [-0.2, -0.15) is 4.99 Å². The Labute approximate surface area is 321 Å². The van der Waals surface area contributed by atoms with Crippen LogP contribution < -0.4 is 10.6 Å². The lowest BCUT2D eigenvalue weighted by atomic mass is 10.1. The molecule has 2 unspecified atom stereocenters. The molecule has 9 heteroatoms. The van der Waals surface area contributed by atoms with Crippen LogP contribution in [0.4, 0.5) is 0 Å². The molecule has 2 N–H and O–H groups in total. The topological polar surface area (TPSA) is 96.8 Å². The number of hydrogen-bond acceptors (Lipinski definition) is 7. The number of aromatic nitrogens is 4. The second-order valence-electron chi connectivity index (χ2n) is 13.9. The van der Waals surface area contributed by atoms with Crippen LogP contribution >= 0.6 is 0 Å². The third kappa shape index (κ3) is 5.20. The lowest BCUT2D eigenvalue weighted by Gasteiger charge is -2.27. The van der Waals surface area contributed by atoms with Gasteiger partial charge in [-0.25, -0.2) is 15.0 Å². The third-order valence-corrected chi connectivity index (χ3v) is 10.6. The molecule has 56 heavy (non-hydrogen) atoms. The van der Waals surface area contributed by atoms with Crippen LogP contribution in [0.2, 0.25) is 0 Å². The molecule has 5 heterocycles. The van der Waals surface area contributed by atoms with Crippen molar-refractivity contribution < 1.29 is 0 Å². The van der Waals surface area contributed by atoms with Crippen molar-refractivity contribution in [1.82, 2.24) is 29.7 Å². The molecule has 0 amide bonds. The molecule has 9 aromatic rings. The number of nitrogens with one attached hydrogen (secondary N) is 2. The Hall–Kier alpha value is -7.65. The molecule has 9 nitrogen and oxygen atoms in total. The van der Waals surface area contributed by atoms with Crippen molar-refractivity contribution in [1.29, 1.82) is 0 Å². The number of aliphatic imine (C=N–C) groups is 3. The summed E-state index contributed by atoms with van der Waals surface area (Å²) in [5, 5.41) is 11.7. The molecule has 0 saturated heterocycles. The Bertz CT molecular complexity index is 3070. The van der Waals surface area contributed by atoms with Gasteiger partial charge in [-0.05, 0) is 29.8 Å². The Morgan fingerprint density at radius 1 is 0.518 bits per heavy atom. The summed E-state index contributed by atoms with van der Waals surface area (Å²) in [5.41, 5.74) is 8.97. The summed E-state index contributed by atoms with van der Waals surface area (Å²) < 4.78 is 4.59. The standard InChI is InChI=1S/C47H33N9/c1-4-14-30(15-5-1)43-48-26-32(27-49-43)45-52-46(33-28-50-44(51-29-33)31-16-6-2-7-17-31)54-47(53-45)56-40-23-13-11-21-36(40)38-25-24-37-35-20-10-12-22-39(35)55(41(37)42(38)56)34-18-8-3-9-19-34/h1-29,43,45,48H,(H,52,53,54). The van der Waals surface area contributed by atoms with Crippen molar-refractivity contribution in [3.8, 4) is 17.1 Å². The van der Waals surface area contributed by atoms with E-state index in [4.69, 9.17) is 24.9 Å². The van der Waals surface area contributed by atoms with Crippen molar-refractivity contribution in [2.24, 2.45) is 15.0 Å². The van der Waals surface area contributed by atoms with Gasteiger partial charge in [-0.15, -0.1) is 0 Å². The lowest BCUT2D eigenvalue weighted by Crippen LogP contribution is -2.42. The van der Waals surface area contributed by atoms with Crippen molar-refractivity contribution in [2.75, 3.05) is 0 Å². The van der Waals surface area contributed by atoms with E-state index in [0.717, 1.165) is 66.2 Å². The average molecular weight is 724 g/mol. The number of para-hydroxylation sites is 3. The van der Waals surface area contributed by atoms with Crippen LogP contribution in [0.5, 0.6) is 0 Å². The van der Waals surface area contributed by atoms with Gasteiger partial charge in [0, 0.05) is 63.2 Å². The van der Waals surface area contributed by atoms with Crippen LogP contribution in [0, 0.1) is 0 Å². The first-order valence-electron chi connectivity index (χ1n) is 18.6. The maximum Gasteiger partial charge on any atom is 0.234 e.